The zero-order valence-corrected chi connectivity index (χ0v) is 9.48. The van der Waals surface area contributed by atoms with Crippen molar-refractivity contribution < 1.29 is 0 Å². The molecule has 1 heterocycles. The number of rotatable bonds is 2. The molecule has 0 amide bonds. The average Bonchev–Trinajstić information content (AvgIpc) is 2.62. The average molecular weight is 202 g/mol. The molecule has 2 rings (SSSR count). The quantitative estimate of drug-likeness (QED) is 0.725. The monoisotopic (exact) mass is 202 g/mol. The summed E-state index contributed by atoms with van der Waals surface area (Å²) in [6.45, 7) is 5.57. The summed E-state index contributed by atoms with van der Waals surface area (Å²) in [6.07, 6.45) is 2.26. The third-order valence-electron chi connectivity index (χ3n) is 2.90. The molecule has 0 atom stereocenters. The van der Waals surface area contributed by atoms with Gasteiger partial charge in [0.1, 0.15) is 5.82 Å². The lowest BCUT2D eigenvalue weighted by Gasteiger charge is -2.20. The van der Waals surface area contributed by atoms with Crippen LogP contribution in [-0.2, 0) is 0 Å². The van der Waals surface area contributed by atoms with Gasteiger partial charge in [-0.25, -0.2) is 0 Å². The highest BCUT2D eigenvalue weighted by Crippen LogP contribution is 2.18. The van der Waals surface area contributed by atoms with Gasteiger partial charge in [0, 0.05) is 26.7 Å². The zero-order valence-electron chi connectivity index (χ0n) is 9.48. The van der Waals surface area contributed by atoms with Gasteiger partial charge in [0.15, 0.2) is 0 Å². The standard InChI is InChI=1S/C13H18N2/c1-3-15-10-9-14(2)13(15)11-12-7-5-4-6-8-12/h4-8,11H,3,9-10H2,1-2H3/b13-11+. The van der Waals surface area contributed by atoms with Crippen LogP contribution in [0.5, 0.6) is 0 Å². The van der Waals surface area contributed by atoms with Gasteiger partial charge in [0.05, 0.1) is 0 Å². The minimum Gasteiger partial charge on any atom is -0.360 e. The molecule has 0 spiro atoms. The minimum absolute atomic E-state index is 1.09. The van der Waals surface area contributed by atoms with Crippen molar-refractivity contribution in [2.24, 2.45) is 0 Å². The Morgan fingerprint density at radius 1 is 1.20 bits per heavy atom. The molecule has 1 fully saturated rings. The van der Waals surface area contributed by atoms with Gasteiger partial charge in [-0.15, -0.1) is 0 Å². The first kappa shape index (κ1) is 10.1. The van der Waals surface area contributed by atoms with Crippen LogP contribution in [-0.4, -0.2) is 36.5 Å². The first-order chi connectivity index (χ1) is 7.31. The maximum atomic E-state index is 2.41. The number of likely N-dealkylation sites (N-methyl/N-ethyl adjacent to an activating group) is 2. The lowest BCUT2D eigenvalue weighted by molar-refractivity contribution is 0.387. The van der Waals surface area contributed by atoms with Crippen molar-refractivity contribution in [2.45, 2.75) is 6.92 Å². The molecule has 1 saturated heterocycles. The van der Waals surface area contributed by atoms with Crippen molar-refractivity contribution in [3.8, 4) is 0 Å². The van der Waals surface area contributed by atoms with Crippen molar-refractivity contribution in [1.29, 1.82) is 0 Å². The molecule has 2 heteroatoms. The minimum atomic E-state index is 1.09. The van der Waals surface area contributed by atoms with Crippen molar-refractivity contribution >= 4 is 6.08 Å². The Morgan fingerprint density at radius 3 is 2.60 bits per heavy atom. The molecule has 0 aromatic heterocycles. The summed E-state index contributed by atoms with van der Waals surface area (Å²) >= 11 is 0. The van der Waals surface area contributed by atoms with E-state index < -0.39 is 0 Å². The van der Waals surface area contributed by atoms with Crippen molar-refractivity contribution in [3.63, 3.8) is 0 Å². The molecule has 0 N–H and O–H groups in total. The Hall–Kier alpha value is -1.44. The van der Waals surface area contributed by atoms with Gasteiger partial charge in [-0.2, -0.15) is 0 Å². The summed E-state index contributed by atoms with van der Waals surface area (Å²) in [4.78, 5) is 4.73. The van der Waals surface area contributed by atoms with Gasteiger partial charge < -0.3 is 9.80 Å². The molecule has 0 saturated carbocycles. The highest BCUT2D eigenvalue weighted by atomic mass is 15.4. The highest BCUT2D eigenvalue weighted by Gasteiger charge is 2.19. The van der Waals surface area contributed by atoms with E-state index in [9.17, 15) is 0 Å². The predicted octanol–water partition coefficient (Wildman–Crippen LogP) is 2.25. The lowest BCUT2D eigenvalue weighted by Crippen LogP contribution is -2.20. The number of hydrogen-bond acceptors (Lipinski definition) is 2. The Bertz CT molecular complexity index is 343. The molecule has 0 aliphatic carbocycles. The highest BCUT2D eigenvalue weighted by molar-refractivity contribution is 5.52. The van der Waals surface area contributed by atoms with Gasteiger partial charge in [-0.3, -0.25) is 0 Å². The summed E-state index contributed by atoms with van der Waals surface area (Å²) in [7, 11) is 2.16. The zero-order chi connectivity index (χ0) is 10.7. The molecule has 0 radical (unpaired) electrons. The molecular weight excluding hydrogens is 184 g/mol. The molecule has 1 aromatic rings. The fraction of sp³-hybridized carbons (Fsp3) is 0.385. The van der Waals surface area contributed by atoms with Crippen LogP contribution < -0.4 is 0 Å². The summed E-state index contributed by atoms with van der Waals surface area (Å²) in [5, 5.41) is 0. The number of benzene rings is 1. The molecule has 0 unspecified atom stereocenters. The molecule has 80 valence electrons. The maximum Gasteiger partial charge on any atom is 0.104 e. The van der Waals surface area contributed by atoms with E-state index in [4.69, 9.17) is 0 Å². The van der Waals surface area contributed by atoms with Gasteiger partial charge in [0.25, 0.3) is 0 Å². The van der Waals surface area contributed by atoms with E-state index >= 15 is 0 Å². The predicted molar refractivity (Wildman–Crippen MR) is 64.3 cm³/mol. The van der Waals surface area contributed by atoms with Crippen LogP contribution in [0.2, 0.25) is 0 Å². The van der Waals surface area contributed by atoms with Crippen LogP contribution in [0.15, 0.2) is 36.2 Å². The van der Waals surface area contributed by atoms with Gasteiger partial charge in [0.2, 0.25) is 0 Å². The summed E-state index contributed by atoms with van der Waals surface area (Å²) in [5.74, 6) is 1.34. The fourth-order valence-electron chi connectivity index (χ4n) is 1.96. The molecule has 1 aromatic carbocycles. The third kappa shape index (κ3) is 2.14. The molecule has 1 aliphatic rings. The van der Waals surface area contributed by atoms with Gasteiger partial charge in [-0.05, 0) is 18.6 Å². The van der Waals surface area contributed by atoms with E-state index in [-0.39, 0.29) is 0 Å². The topological polar surface area (TPSA) is 6.48 Å². The number of nitrogens with zero attached hydrogens (tertiary/aromatic N) is 2. The second kappa shape index (κ2) is 4.39. The van der Waals surface area contributed by atoms with E-state index in [1.165, 1.54) is 11.4 Å². The van der Waals surface area contributed by atoms with E-state index in [2.05, 4.69) is 60.2 Å². The third-order valence-corrected chi connectivity index (χ3v) is 2.90. The van der Waals surface area contributed by atoms with E-state index in [1.807, 2.05) is 0 Å². The Morgan fingerprint density at radius 2 is 1.93 bits per heavy atom. The second-order valence-electron chi connectivity index (χ2n) is 3.91. The molecule has 1 aliphatic heterocycles. The Balaban J connectivity index is 2.24. The largest absolute Gasteiger partial charge is 0.360 e. The summed E-state index contributed by atoms with van der Waals surface area (Å²) < 4.78 is 0. The molecule has 0 bridgehead atoms. The van der Waals surface area contributed by atoms with Crippen LogP contribution in [0.25, 0.3) is 6.08 Å². The van der Waals surface area contributed by atoms with E-state index in [0.29, 0.717) is 0 Å². The van der Waals surface area contributed by atoms with Crippen molar-refractivity contribution in [2.75, 3.05) is 26.7 Å². The number of hydrogen-bond donors (Lipinski definition) is 0. The Labute approximate surface area is 91.8 Å². The van der Waals surface area contributed by atoms with E-state index in [0.717, 1.165) is 19.6 Å². The smallest absolute Gasteiger partial charge is 0.104 e. The van der Waals surface area contributed by atoms with Crippen LogP contribution in [0, 0.1) is 0 Å². The van der Waals surface area contributed by atoms with E-state index in [1.54, 1.807) is 0 Å². The van der Waals surface area contributed by atoms with Gasteiger partial charge >= 0.3 is 0 Å². The van der Waals surface area contributed by atoms with Crippen LogP contribution in [0.1, 0.15) is 12.5 Å². The Kier molecular flexibility index (Phi) is 2.95. The van der Waals surface area contributed by atoms with Crippen LogP contribution in [0.4, 0.5) is 0 Å². The molecule has 2 nitrogen and oxygen atoms in total. The maximum absolute atomic E-state index is 2.41. The summed E-state index contributed by atoms with van der Waals surface area (Å²) in [5.41, 5.74) is 1.28. The normalized spacial score (nSPS) is 18.9. The fourth-order valence-corrected chi connectivity index (χ4v) is 1.96. The van der Waals surface area contributed by atoms with Crippen LogP contribution in [0.3, 0.4) is 0 Å². The van der Waals surface area contributed by atoms with Crippen LogP contribution >= 0.6 is 0 Å². The molecule has 15 heavy (non-hydrogen) atoms. The second-order valence-corrected chi connectivity index (χ2v) is 3.91. The summed E-state index contributed by atoms with van der Waals surface area (Å²) in [6, 6.07) is 10.5. The first-order valence-corrected chi connectivity index (χ1v) is 5.54. The first-order valence-electron chi connectivity index (χ1n) is 5.54. The van der Waals surface area contributed by atoms with Crippen molar-refractivity contribution in [3.05, 3.63) is 41.7 Å². The SMILES string of the molecule is CCN1CCN(C)/C1=C\c1ccccc1. The lowest BCUT2D eigenvalue weighted by atomic mass is 10.2. The molecular formula is C13H18N2. The van der Waals surface area contributed by atoms with Gasteiger partial charge in [-0.1, -0.05) is 30.3 Å². The van der Waals surface area contributed by atoms with Crippen molar-refractivity contribution in [1.82, 2.24) is 9.80 Å².